The Morgan fingerprint density at radius 3 is 2.75 bits per heavy atom. The van der Waals surface area contributed by atoms with Crippen molar-refractivity contribution in [3.63, 3.8) is 0 Å². The molecule has 0 bridgehead atoms. The molecule has 1 rings (SSSR count). The van der Waals surface area contributed by atoms with Crippen LogP contribution in [0.25, 0.3) is 0 Å². The molecule has 16 heavy (non-hydrogen) atoms. The van der Waals surface area contributed by atoms with E-state index < -0.39 is 5.60 Å². The Bertz CT molecular complexity index is 282. The van der Waals surface area contributed by atoms with Crippen molar-refractivity contribution in [3.05, 3.63) is 0 Å². The first kappa shape index (κ1) is 12.9. The predicted octanol–water partition coefficient (Wildman–Crippen LogP) is 1.65. The third kappa shape index (κ3) is 3.74. The minimum Gasteiger partial charge on any atom is -0.444 e. The Balaban J connectivity index is 2.62. The van der Waals surface area contributed by atoms with Gasteiger partial charge in [0, 0.05) is 6.61 Å². The smallest absolute Gasteiger partial charge is 0.411 e. The van der Waals surface area contributed by atoms with Crippen LogP contribution in [0.15, 0.2) is 0 Å². The molecular formula is C12H19NO3. The number of terminal acetylenes is 1. The van der Waals surface area contributed by atoms with Crippen molar-refractivity contribution in [2.75, 3.05) is 19.8 Å². The molecule has 0 spiro atoms. The van der Waals surface area contributed by atoms with Crippen molar-refractivity contribution in [2.24, 2.45) is 0 Å². The van der Waals surface area contributed by atoms with Gasteiger partial charge in [-0.1, -0.05) is 5.92 Å². The molecule has 1 amide bonds. The fourth-order valence-electron chi connectivity index (χ4n) is 1.53. The van der Waals surface area contributed by atoms with Crippen LogP contribution in [0, 0.1) is 12.3 Å². The first-order chi connectivity index (χ1) is 7.44. The van der Waals surface area contributed by atoms with Crippen LogP contribution in [0.3, 0.4) is 0 Å². The minimum absolute atomic E-state index is 0.0471. The summed E-state index contributed by atoms with van der Waals surface area (Å²) in [7, 11) is 0. The zero-order valence-electron chi connectivity index (χ0n) is 10.2. The standard InChI is InChI=1S/C12H19NO3/c1-5-7-13(10-6-8-15-9-10)11(14)16-12(2,3)4/h1,10H,6-9H2,2-4H3. The molecule has 4 heteroatoms. The first-order valence-corrected chi connectivity index (χ1v) is 5.45. The first-order valence-electron chi connectivity index (χ1n) is 5.45. The maximum Gasteiger partial charge on any atom is 0.411 e. The Hall–Kier alpha value is -1.21. The van der Waals surface area contributed by atoms with Crippen molar-refractivity contribution < 1.29 is 14.3 Å². The van der Waals surface area contributed by atoms with Crippen LogP contribution in [-0.4, -0.2) is 42.4 Å². The van der Waals surface area contributed by atoms with E-state index in [4.69, 9.17) is 15.9 Å². The lowest BCUT2D eigenvalue weighted by molar-refractivity contribution is 0.0180. The van der Waals surface area contributed by atoms with Crippen molar-refractivity contribution in [1.82, 2.24) is 4.90 Å². The molecule has 1 heterocycles. The summed E-state index contributed by atoms with van der Waals surface area (Å²) in [5, 5.41) is 0. The van der Waals surface area contributed by atoms with Crippen molar-refractivity contribution in [1.29, 1.82) is 0 Å². The summed E-state index contributed by atoms with van der Waals surface area (Å²) >= 11 is 0. The van der Waals surface area contributed by atoms with Gasteiger partial charge in [0.2, 0.25) is 0 Å². The molecule has 0 aromatic carbocycles. The third-order valence-electron chi connectivity index (χ3n) is 2.24. The highest BCUT2D eigenvalue weighted by Gasteiger charge is 2.30. The second kappa shape index (κ2) is 5.22. The number of hydrogen-bond donors (Lipinski definition) is 0. The number of amides is 1. The number of nitrogens with zero attached hydrogens (tertiary/aromatic N) is 1. The highest BCUT2D eigenvalue weighted by molar-refractivity contribution is 5.69. The molecule has 1 fully saturated rings. The van der Waals surface area contributed by atoms with Gasteiger partial charge in [0.1, 0.15) is 5.60 Å². The minimum atomic E-state index is -0.497. The lowest BCUT2D eigenvalue weighted by Gasteiger charge is -2.29. The Labute approximate surface area is 96.9 Å². The molecule has 0 saturated carbocycles. The summed E-state index contributed by atoms with van der Waals surface area (Å²) in [6.07, 6.45) is 5.72. The number of hydrogen-bond acceptors (Lipinski definition) is 3. The molecule has 1 unspecified atom stereocenters. The van der Waals surface area contributed by atoms with Crippen LogP contribution in [0.5, 0.6) is 0 Å². The zero-order chi connectivity index (χ0) is 12.2. The van der Waals surface area contributed by atoms with E-state index in [9.17, 15) is 4.79 Å². The summed E-state index contributed by atoms with van der Waals surface area (Å²) in [5.41, 5.74) is -0.497. The number of carbonyl (C=O) groups is 1. The van der Waals surface area contributed by atoms with Crippen molar-refractivity contribution in [3.8, 4) is 12.3 Å². The summed E-state index contributed by atoms with van der Waals surface area (Å²) in [5.74, 6) is 2.48. The SMILES string of the molecule is C#CCN(C(=O)OC(C)(C)C)C1CCOC1. The molecule has 0 N–H and O–H groups in total. The molecule has 4 nitrogen and oxygen atoms in total. The Morgan fingerprint density at radius 1 is 1.62 bits per heavy atom. The molecule has 0 radical (unpaired) electrons. The van der Waals surface area contributed by atoms with E-state index >= 15 is 0 Å². The van der Waals surface area contributed by atoms with Gasteiger partial charge < -0.3 is 9.47 Å². The molecule has 1 atom stereocenters. The maximum absolute atomic E-state index is 11.9. The Kier molecular flexibility index (Phi) is 4.19. The number of carbonyl (C=O) groups excluding carboxylic acids is 1. The summed E-state index contributed by atoms with van der Waals surface area (Å²) in [4.78, 5) is 13.5. The largest absolute Gasteiger partial charge is 0.444 e. The number of rotatable bonds is 2. The molecule has 0 aromatic rings. The molecule has 0 aromatic heterocycles. The van der Waals surface area contributed by atoms with E-state index in [2.05, 4.69) is 5.92 Å². The summed E-state index contributed by atoms with van der Waals surface area (Å²) < 4.78 is 10.5. The second-order valence-corrected chi connectivity index (χ2v) is 4.83. The number of ether oxygens (including phenoxy) is 2. The van der Waals surface area contributed by atoms with Gasteiger partial charge in [0.25, 0.3) is 0 Å². The maximum atomic E-state index is 11.9. The van der Waals surface area contributed by atoms with Gasteiger partial charge in [-0.05, 0) is 27.2 Å². The van der Waals surface area contributed by atoms with E-state index in [0.717, 1.165) is 6.42 Å². The van der Waals surface area contributed by atoms with E-state index in [1.165, 1.54) is 0 Å². The summed E-state index contributed by atoms with van der Waals surface area (Å²) in [6.45, 7) is 7.00. The fraction of sp³-hybridized carbons (Fsp3) is 0.750. The highest BCUT2D eigenvalue weighted by Crippen LogP contribution is 2.16. The Morgan fingerprint density at radius 2 is 2.31 bits per heavy atom. The van der Waals surface area contributed by atoms with Gasteiger partial charge in [-0.2, -0.15) is 0 Å². The lowest BCUT2D eigenvalue weighted by Crippen LogP contribution is -2.43. The zero-order valence-corrected chi connectivity index (χ0v) is 10.2. The topological polar surface area (TPSA) is 38.8 Å². The van der Waals surface area contributed by atoms with Gasteiger partial charge in [-0.15, -0.1) is 6.42 Å². The third-order valence-corrected chi connectivity index (χ3v) is 2.24. The van der Waals surface area contributed by atoms with Crippen LogP contribution in [-0.2, 0) is 9.47 Å². The fourth-order valence-corrected chi connectivity index (χ4v) is 1.53. The molecule has 0 aliphatic carbocycles. The highest BCUT2D eigenvalue weighted by atomic mass is 16.6. The van der Waals surface area contributed by atoms with Gasteiger partial charge in [0.05, 0.1) is 19.2 Å². The van der Waals surface area contributed by atoms with Gasteiger partial charge in [0.15, 0.2) is 0 Å². The van der Waals surface area contributed by atoms with Gasteiger partial charge in [-0.25, -0.2) is 4.79 Å². The van der Waals surface area contributed by atoms with Crippen molar-refractivity contribution >= 4 is 6.09 Å². The van der Waals surface area contributed by atoms with Crippen LogP contribution in [0.1, 0.15) is 27.2 Å². The molecule has 1 aliphatic heterocycles. The second-order valence-electron chi connectivity index (χ2n) is 4.83. The van der Waals surface area contributed by atoms with Crippen LogP contribution in [0.4, 0.5) is 4.79 Å². The van der Waals surface area contributed by atoms with E-state index in [-0.39, 0.29) is 18.7 Å². The lowest BCUT2D eigenvalue weighted by atomic mass is 10.2. The summed E-state index contributed by atoms with van der Waals surface area (Å²) in [6, 6.07) is 0.0471. The van der Waals surface area contributed by atoms with Crippen LogP contribution >= 0.6 is 0 Å². The average Bonchev–Trinajstić information content (AvgIpc) is 2.63. The molecular weight excluding hydrogens is 206 g/mol. The van der Waals surface area contributed by atoms with Gasteiger partial charge in [-0.3, -0.25) is 4.90 Å². The van der Waals surface area contributed by atoms with E-state index in [1.54, 1.807) is 4.90 Å². The van der Waals surface area contributed by atoms with Crippen LogP contribution in [0.2, 0.25) is 0 Å². The molecule has 90 valence electrons. The average molecular weight is 225 g/mol. The normalized spacial score (nSPS) is 20.2. The van der Waals surface area contributed by atoms with E-state index in [0.29, 0.717) is 13.2 Å². The van der Waals surface area contributed by atoms with Crippen LogP contribution < -0.4 is 0 Å². The predicted molar refractivity (Wildman–Crippen MR) is 61.0 cm³/mol. The molecule has 1 aliphatic rings. The van der Waals surface area contributed by atoms with Gasteiger partial charge >= 0.3 is 6.09 Å². The van der Waals surface area contributed by atoms with Crippen molar-refractivity contribution in [2.45, 2.75) is 38.8 Å². The monoisotopic (exact) mass is 225 g/mol. The molecule has 1 saturated heterocycles. The quantitative estimate of drug-likeness (QED) is 0.671. The van der Waals surface area contributed by atoms with E-state index in [1.807, 2.05) is 20.8 Å².